The molecule has 1 N–H and O–H groups in total. The molecule has 3 heteroatoms. The molecule has 1 aromatic carbocycles. The first kappa shape index (κ1) is 12.5. The van der Waals surface area contributed by atoms with Gasteiger partial charge in [-0.3, -0.25) is 4.79 Å². The maximum absolute atomic E-state index is 12.7. The number of benzene rings is 1. The lowest BCUT2D eigenvalue weighted by Gasteiger charge is -2.27. The summed E-state index contributed by atoms with van der Waals surface area (Å²) in [4.78, 5) is 14.7. The normalized spacial score (nSPS) is 18.8. The smallest absolute Gasteiger partial charge is 0.254 e. The van der Waals surface area contributed by atoms with E-state index in [0.717, 1.165) is 43.5 Å². The lowest BCUT2D eigenvalue weighted by molar-refractivity contribution is 0.0734. The van der Waals surface area contributed by atoms with E-state index in [1.807, 2.05) is 24.1 Å². The van der Waals surface area contributed by atoms with Crippen LogP contribution >= 0.6 is 0 Å². The molecule has 1 saturated carbocycles. The number of anilines is 1. The standard InChI is InChI=1S/C16H22N2O/c1-18(12-6-2-3-7-12)16(19)14-8-4-10-15-13(14)9-5-11-17-15/h4,8,10,12,17H,2-3,5-7,9,11H2,1H3. The van der Waals surface area contributed by atoms with Crippen molar-refractivity contribution in [2.45, 2.75) is 44.6 Å². The van der Waals surface area contributed by atoms with Crippen LogP contribution in [0.15, 0.2) is 18.2 Å². The first-order valence-electron chi connectivity index (χ1n) is 7.40. The van der Waals surface area contributed by atoms with Gasteiger partial charge in [-0.15, -0.1) is 0 Å². The van der Waals surface area contributed by atoms with Crippen LogP contribution in [0.3, 0.4) is 0 Å². The van der Waals surface area contributed by atoms with Crippen molar-refractivity contribution in [1.29, 1.82) is 0 Å². The zero-order valence-electron chi connectivity index (χ0n) is 11.6. The summed E-state index contributed by atoms with van der Waals surface area (Å²) < 4.78 is 0. The molecule has 1 aliphatic heterocycles. The van der Waals surface area contributed by atoms with Crippen LogP contribution in [0, 0.1) is 0 Å². The minimum absolute atomic E-state index is 0.201. The fourth-order valence-corrected chi connectivity index (χ4v) is 3.36. The number of rotatable bonds is 2. The molecule has 3 rings (SSSR count). The van der Waals surface area contributed by atoms with Crippen LogP contribution in [-0.2, 0) is 6.42 Å². The minimum Gasteiger partial charge on any atom is -0.385 e. The molecule has 1 heterocycles. The van der Waals surface area contributed by atoms with Gasteiger partial charge in [-0.1, -0.05) is 18.9 Å². The third-order valence-corrected chi connectivity index (χ3v) is 4.52. The summed E-state index contributed by atoms with van der Waals surface area (Å²) in [5.41, 5.74) is 3.26. The van der Waals surface area contributed by atoms with Crippen molar-refractivity contribution in [2.75, 3.05) is 18.9 Å². The number of fused-ring (bicyclic) bond motifs is 1. The van der Waals surface area contributed by atoms with Gasteiger partial charge in [-0.25, -0.2) is 0 Å². The molecule has 0 radical (unpaired) electrons. The van der Waals surface area contributed by atoms with E-state index in [4.69, 9.17) is 0 Å². The van der Waals surface area contributed by atoms with Crippen molar-refractivity contribution >= 4 is 11.6 Å². The van der Waals surface area contributed by atoms with E-state index in [2.05, 4.69) is 11.4 Å². The lowest BCUT2D eigenvalue weighted by Crippen LogP contribution is -2.36. The Labute approximate surface area is 115 Å². The number of hydrogen-bond acceptors (Lipinski definition) is 2. The van der Waals surface area contributed by atoms with Crippen LogP contribution in [-0.4, -0.2) is 30.4 Å². The van der Waals surface area contributed by atoms with E-state index in [9.17, 15) is 4.79 Å². The SMILES string of the molecule is CN(C(=O)c1cccc2c1CCCN2)C1CCCC1. The predicted molar refractivity (Wildman–Crippen MR) is 77.6 cm³/mol. The van der Waals surface area contributed by atoms with Crippen LogP contribution in [0.1, 0.15) is 48.0 Å². The van der Waals surface area contributed by atoms with E-state index in [0.29, 0.717) is 6.04 Å². The van der Waals surface area contributed by atoms with E-state index < -0.39 is 0 Å². The number of hydrogen-bond donors (Lipinski definition) is 1. The molecular weight excluding hydrogens is 236 g/mol. The fraction of sp³-hybridized carbons (Fsp3) is 0.562. The van der Waals surface area contributed by atoms with E-state index in [1.54, 1.807) is 0 Å². The van der Waals surface area contributed by atoms with Gasteiger partial charge in [0.05, 0.1) is 0 Å². The van der Waals surface area contributed by atoms with Gasteiger partial charge in [0, 0.05) is 30.9 Å². The number of amides is 1. The van der Waals surface area contributed by atoms with Crippen molar-refractivity contribution in [2.24, 2.45) is 0 Å². The average Bonchev–Trinajstić information content (AvgIpc) is 2.99. The summed E-state index contributed by atoms with van der Waals surface area (Å²) >= 11 is 0. The minimum atomic E-state index is 0.201. The molecule has 3 nitrogen and oxygen atoms in total. The molecule has 0 atom stereocenters. The van der Waals surface area contributed by atoms with E-state index in [-0.39, 0.29) is 5.91 Å². The second kappa shape index (κ2) is 5.24. The van der Waals surface area contributed by atoms with Gasteiger partial charge in [-0.05, 0) is 43.4 Å². The Morgan fingerprint density at radius 1 is 1.26 bits per heavy atom. The van der Waals surface area contributed by atoms with E-state index >= 15 is 0 Å². The van der Waals surface area contributed by atoms with Crippen molar-refractivity contribution in [3.63, 3.8) is 0 Å². The molecule has 0 bridgehead atoms. The summed E-state index contributed by atoms with van der Waals surface area (Å²) in [7, 11) is 1.97. The number of nitrogens with zero attached hydrogens (tertiary/aromatic N) is 1. The highest BCUT2D eigenvalue weighted by Gasteiger charge is 2.26. The largest absolute Gasteiger partial charge is 0.385 e. The third-order valence-electron chi connectivity index (χ3n) is 4.52. The maximum Gasteiger partial charge on any atom is 0.254 e. The summed E-state index contributed by atoms with van der Waals surface area (Å²) in [6.45, 7) is 1.02. The molecule has 0 unspecified atom stereocenters. The first-order valence-corrected chi connectivity index (χ1v) is 7.40. The molecule has 2 aliphatic rings. The molecule has 1 amide bonds. The molecule has 1 aliphatic carbocycles. The van der Waals surface area contributed by atoms with Crippen molar-refractivity contribution in [3.05, 3.63) is 29.3 Å². The zero-order valence-corrected chi connectivity index (χ0v) is 11.6. The topological polar surface area (TPSA) is 32.3 Å². The summed E-state index contributed by atoms with van der Waals surface area (Å²) in [5, 5.41) is 3.40. The van der Waals surface area contributed by atoms with Crippen molar-refractivity contribution < 1.29 is 4.79 Å². The Morgan fingerprint density at radius 2 is 2.05 bits per heavy atom. The number of carbonyl (C=O) groups excluding carboxylic acids is 1. The van der Waals surface area contributed by atoms with Crippen molar-refractivity contribution in [3.8, 4) is 0 Å². The predicted octanol–water partition coefficient (Wildman–Crippen LogP) is 3.06. The molecule has 0 saturated heterocycles. The van der Waals surface area contributed by atoms with Gasteiger partial charge < -0.3 is 10.2 Å². The second-order valence-corrected chi connectivity index (χ2v) is 5.72. The molecule has 1 fully saturated rings. The Hall–Kier alpha value is -1.51. The van der Waals surface area contributed by atoms with Crippen LogP contribution in [0.2, 0.25) is 0 Å². The number of nitrogens with one attached hydrogen (secondary N) is 1. The van der Waals surface area contributed by atoms with Crippen LogP contribution in [0.5, 0.6) is 0 Å². The van der Waals surface area contributed by atoms with Gasteiger partial charge in [0.1, 0.15) is 0 Å². The summed E-state index contributed by atoms with van der Waals surface area (Å²) in [6, 6.07) is 6.51. The van der Waals surface area contributed by atoms with Gasteiger partial charge in [0.2, 0.25) is 0 Å². The molecule has 0 aromatic heterocycles. The van der Waals surface area contributed by atoms with Crippen molar-refractivity contribution in [1.82, 2.24) is 4.90 Å². The number of carbonyl (C=O) groups is 1. The third kappa shape index (κ3) is 2.34. The monoisotopic (exact) mass is 258 g/mol. The molecule has 1 aromatic rings. The van der Waals surface area contributed by atoms with Gasteiger partial charge in [0.15, 0.2) is 0 Å². The summed E-state index contributed by atoms with van der Waals surface area (Å²) in [5.74, 6) is 0.201. The highest BCUT2D eigenvalue weighted by molar-refractivity contribution is 5.97. The van der Waals surface area contributed by atoms with Gasteiger partial charge in [0.25, 0.3) is 5.91 Å². The summed E-state index contributed by atoms with van der Waals surface area (Å²) in [6.07, 6.45) is 6.98. The highest BCUT2D eigenvalue weighted by Crippen LogP contribution is 2.28. The Kier molecular flexibility index (Phi) is 3.45. The Balaban J connectivity index is 1.86. The van der Waals surface area contributed by atoms with Crippen LogP contribution in [0.4, 0.5) is 5.69 Å². The Morgan fingerprint density at radius 3 is 2.84 bits per heavy atom. The quantitative estimate of drug-likeness (QED) is 0.884. The lowest BCUT2D eigenvalue weighted by atomic mass is 9.96. The van der Waals surface area contributed by atoms with Crippen LogP contribution in [0.25, 0.3) is 0 Å². The first-order chi connectivity index (χ1) is 9.27. The molecule has 19 heavy (non-hydrogen) atoms. The highest BCUT2D eigenvalue weighted by atomic mass is 16.2. The molecule has 0 spiro atoms. The zero-order chi connectivity index (χ0) is 13.2. The Bertz CT molecular complexity index is 478. The average molecular weight is 258 g/mol. The maximum atomic E-state index is 12.7. The molecular formula is C16H22N2O. The van der Waals surface area contributed by atoms with Crippen LogP contribution < -0.4 is 5.32 Å². The van der Waals surface area contributed by atoms with Gasteiger partial charge in [-0.2, -0.15) is 0 Å². The second-order valence-electron chi connectivity index (χ2n) is 5.72. The van der Waals surface area contributed by atoms with Gasteiger partial charge >= 0.3 is 0 Å². The van der Waals surface area contributed by atoms with E-state index in [1.165, 1.54) is 18.4 Å². The molecule has 102 valence electrons. The fourth-order valence-electron chi connectivity index (χ4n) is 3.36.